The molecule has 0 heterocycles. The van der Waals surface area contributed by atoms with Crippen molar-refractivity contribution in [3.05, 3.63) is 33.9 Å². The fourth-order valence-corrected chi connectivity index (χ4v) is 1.16. The average Bonchev–Trinajstić information content (AvgIpc) is 2.27. The second-order valence-electron chi connectivity index (χ2n) is 2.87. The van der Waals surface area contributed by atoms with Crippen molar-refractivity contribution >= 4 is 17.2 Å². The maximum Gasteiger partial charge on any atom is 0.270 e. The van der Waals surface area contributed by atoms with Gasteiger partial charge in [0, 0.05) is 23.3 Å². The van der Waals surface area contributed by atoms with Crippen LogP contribution in [-0.2, 0) is 4.79 Å². The summed E-state index contributed by atoms with van der Waals surface area (Å²) in [5.74, 6) is 2.10. The molecule has 78 valence electrons. The van der Waals surface area contributed by atoms with Gasteiger partial charge in [-0.3, -0.25) is 10.1 Å². The molecule has 1 aromatic rings. The van der Waals surface area contributed by atoms with Crippen molar-refractivity contribution in [3.63, 3.8) is 0 Å². The lowest BCUT2D eigenvalue weighted by Crippen LogP contribution is -1.94. The zero-order valence-corrected chi connectivity index (χ0v) is 8.31. The first-order chi connectivity index (χ1) is 7.10. The number of methoxy groups -OCH3 is 1. The van der Waals surface area contributed by atoms with Gasteiger partial charge in [-0.1, -0.05) is 0 Å². The van der Waals surface area contributed by atoms with E-state index in [2.05, 4.69) is 0 Å². The van der Waals surface area contributed by atoms with Gasteiger partial charge in [-0.2, -0.15) is 0 Å². The van der Waals surface area contributed by atoms with Crippen molar-refractivity contribution < 1.29 is 14.5 Å². The van der Waals surface area contributed by atoms with Crippen LogP contribution in [0.1, 0.15) is 12.5 Å². The number of nitro benzene ring substituents is 1. The van der Waals surface area contributed by atoms with Crippen molar-refractivity contribution in [1.82, 2.24) is 0 Å². The lowest BCUT2D eigenvalue weighted by molar-refractivity contribution is -0.384. The van der Waals surface area contributed by atoms with E-state index in [0.29, 0.717) is 11.3 Å². The lowest BCUT2D eigenvalue weighted by atomic mass is 10.1. The highest BCUT2D eigenvalue weighted by atomic mass is 16.6. The number of hydrogen-bond donors (Lipinski definition) is 0. The number of allylic oxidation sites excluding steroid dienone is 1. The topological polar surface area (TPSA) is 69.4 Å². The Morgan fingerprint density at radius 1 is 1.53 bits per heavy atom. The summed E-state index contributed by atoms with van der Waals surface area (Å²) in [6.07, 6.45) is 0. The Hall–Kier alpha value is -2.13. The monoisotopic (exact) mass is 207 g/mol. The first kappa shape index (κ1) is 10.9. The van der Waals surface area contributed by atoms with E-state index in [1.54, 1.807) is 5.94 Å². The van der Waals surface area contributed by atoms with E-state index in [1.165, 1.54) is 32.2 Å². The molecule has 0 aliphatic heterocycles. The summed E-state index contributed by atoms with van der Waals surface area (Å²) in [4.78, 5) is 20.5. The first-order valence-corrected chi connectivity index (χ1v) is 4.14. The zero-order valence-electron chi connectivity index (χ0n) is 8.31. The van der Waals surface area contributed by atoms with Crippen LogP contribution in [0, 0.1) is 10.1 Å². The molecule has 0 amide bonds. The van der Waals surface area contributed by atoms with Crippen LogP contribution >= 0.6 is 0 Å². The molecular weight excluding hydrogens is 198 g/mol. The molecule has 0 saturated carbocycles. The third-order valence-electron chi connectivity index (χ3n) is 1.95. The van der Waals surface area contributed by atoms with Crippen molar-refractivity contribution in [2.75, 3.05) is 7.11 Å². The Morgan fingerprint density at radius 2 is 2.20 bits per heavy atom. The van der Waals surface area contributed by atoms with E-state index >= 15 is 0 Å². The number of benzene rings is 1. The summed E-state index contributed by atoms with van der Waals surface area (Å²) in [6, 6.07) is 4.06. The molecule has 0 spiro atoms. The largest absolute Gasteiger partial charge is 0.496 e. The average molecular weight is 207 g/mol. The highest BCUT2D eigenvalue weighted by Gasteiger charge is 2.12. The summed E-state index contributed by atoms with van der Waals surface area (Å²) >= 11 is 0. The number of ether oxygens (including phenoxy) is 1. The maximum absolute atomic E-state index is 10.5. The quantitative estimate of drug-likeness (QED) is 0.430. The molecule has 0 saturated heterocycles. The number of hydrogen-bond acceptors (Lipinski definition) is 4. The lowest BCUT2D eigenvalue weighted by Gasteiger charge is -2.05. The minimum Gasteiger partial charge on any atom is -0.496 e. The summed E-state index contributed by atoms with van der Waals surface area (Å²) in [5, 5.41) is 10.5. The van der Waals surface area contributed by atoms with E-state index in [0.717, 1.165) is 0 Å². The second-order valence-corrected chi connectivity index (χ2v) is 2.87. The molecule has 1 aromatic carbocycles. The fourth-order valence-electron chi connectivity index (χ4n) is 1.16. The van der Waals surface area contributed by atoms with Crippen molar-refractivity contribution in [1.29, 1.82) is 0 Å². The third-order valence-corrected chi connectivity index (χ3v) is 1.95. The number of nitro groups is 1. The van der Waals surface area contributed by atoms with Gasteiger partial charge in [0.2, 0.25) is 0 Å². The van der Waals surface area contributed by atoms with Crippen molar-refractivity contribution in [3.8, 4) is 5.75 Å². The minimum atomic E-state index is -0.527. The Morgan fingerprint density at radius 3 is 2.67 bits per heavy atom. The van der Waals surface area contributed by atoms with Gasteiger partial charge in [-0.15, -0.1) is 0 Å². The van der Waals surface area contributed by atoms with Gasteiger partial charge in [0.05, 0.1) is 12.0 Å². The van der Waals surface area contributed by atoms with Crippen molar-refractivity contribution in [2.24, 2.45) is 0 Å². The highest BCUT2D eigenvalue weighted by molar-refractivity contribution is 5.88. The molecule has 15 heavy (non-hydrogen) atoms. The molecule has 0 aliphatic carbocycles. The van der Waals surface area contributed by atoms with Gasteiger partial charge in [-0.25, -0.2) is 4.79 Å². The van der Waals surface area contributed by atoms with Gasteiger partial charge in [-0.05, 0) is 13.0 Å². The number of non-ortho nitro benzene ring substituents is 1. The molecular formula is C10H9NO4. The first-order valence-electron chi connectivity index (χ1n) is 4.14. The van der Waals surface area contributed by atoms with Crippen molar-refractivity contribution in [2.45, 2.75) is 6.92 Å². The fraction of sp³-hybridized carbons (Fsp3) is 0.200. The van der Waals surface area contributed by atoms with E-state index in [9.17, 15) is 14.9 Å². The highest BCUT2D eigenvalue weighted by Crippen LogP contribution is 2.28. The van der Waals surface area contributed by atoms with Gasteiger partial charge in [0.1, 0.15) is 11.7 Å². The summed E-state index contributed by atoms with van der Waals surface area (Å²) < 4.78 is 4.98. The normalized spacial score (nSPS) is 9.20. The Bertz CT molecular complexity index is 447. The maximum atomic E-state index is 10.5. The summed E-state index contributed by atoms with van der Waals surface area (Å²) in [5.41, 5.74) is 0.581. The summed E-state index contributed by atoms with van der Waals surface area (Å²) in [7, 11) is 1.43. The van der Waals surface area contributed by atoms with Gasteiger partial charge in [0.15, 0.2) is 0 Å². The summed E-state index contributed by atoms with van der Waals surface area (Å²) in [6.45, 7) is 1.52. The molecule has 0 N–H and O–H groups in total. The van der Waals surface area contributed by atoms with E-state index in [-0.39, 0.29) is 11.3 Å². The van der Waals surface area contributed by atoms with E-state index in [4.69, 9.17) is 4.74 Å². The van der Waals surface area contributed by atoms with E-state index < -0.39 is 4.92 Å². The van der Waals surface area contributed by atoms with Crippen LogP contribution in [0.2, 0.25) is 0 Å². The number of rotatable bonds is 3. The molecule has 0 aliphatic rings. The Labute approximate surface area is 86.1 Å². The minimum absolute atomic E-state index is 0.0830. The van der Waals surface area contributed by atoms with Crippen LogP contribution in [0.4, 0.5) is 5.69 Å². The second kappa shape index (κ2) is 4.39. The molecule has 0 fully saturated rings. The number of nitrogens with zero attached hydrogens (tertiary/aromatic N) is 1. The zero-order chi connectivity index (χ0) is 11.4. The van der Waals surface area contributed by atoms with Gasteiger partial charge >= 0.3 is 0 Å². The van der Waals surface area contributed by atoms with Crippen LogP contribution in [0.5, 0.6) is 5.75 Å². The van der Waals surface area contributed by atoms with Crippen LogP contribution in [0.25, 0.3) is 5.57 Å². The van der Waals surface area contributed by atoms with Gasteiger partial charge < -0.3 is 4.74 Å². The Balaban J connectivity index is 3.38. The standard InChI is InChI=1S/C10H9NO4/c1-7(6-12)9-5-8(11(13)14)3-4-10(9)15-2/h3-5H,1-2H3. The van der Waals surface area contributed by atoms with Crippen LogP contribution in [0.15, 0.2) is 18.2 Å². The molecule has 0 atom stereocenters. The molecule has 1 rings (SSSR count). The third kappa shape index (κ3) is 2.21. The molecule has 0 radical (unpaired) electrons. The molecule has 5 heteroatoms. The smallest absolute Gasteiger partial charge is 0.270 e. The molecule has 0 aromatic heterocycles. The molecule has 0 bridgehead atoms. The molecule has 5 nitrogen and oxygen atoms in total. The van der Waals surface area contributed by atoms with Gasteiger partial charge in [0.25, 0.3) is 5.69 Å². The predicted molar refractivity (Wildman–Crippen MR) is 54.4 cm³/mol. The van der Waals surface area contributed by atoms with Crippen LogP contribution < -0.4 is 4.74 Å². The number of carbonyl (C=O) groups excluding carboxylic acids is 1. The predicted octanol–water partition coefficient (Wildman–Crippen LogP) is 1.84. The Kier molecular flexibility index (Phi) is 3.21. The molecule has 0 unspecified atom stereocenters. The van der Waals surface area contributed by atoms with Crippen LogP contribution in [-0.4, -0.2) is 18.0 Å². The van der Waals surface area contributed by atoms with Crippen LogP contribution in [0.3, 0.4) is 0 Å². The van der Waals surface area contributed by atoms with E-state index in [1.807, 2.05) is 0 Å². The SMILES string of the molecule is COc1ccc([N+](=O)[O-])cc1C(C)=C=O.